The summed E-state index contributed by atoms with van der Waals surface area (Å²) in [6.45, 7) is 1.65. The van der Waals surface area contributed by atoms with E-state index in [-0.39, 0.29) is 11.8 Å². The van der Waals surface area contributed by atoms with E-state index >= 15 is 0 Å². The summed E-state index contributed by atoms with van der Waals surface area (Å²) in [4.78, 5) is 10.6. The molecule has 0 aromatic heterocycles. The summed E-state index contributed by atoms with van der Waals surface area (Å²) < 4.78 is 0. The van der Waals surface area contributed by atoms with Crippen molar-refractivity contribution in [1.82, 2.24) is 0 Å². The van der Waals surface area contributed by atoms with Gasteiger partial charge in [0.1, 0.15) is 5.75 Å². The van der Waals surface area contributed by atoms with E-state index in [2.05, 4.69) is 0 Å². The van der Waals surface area contributed by atoms with E-state index in [0.29, 0.717) is 12.8 Å². The van der Waals surface area contributed by atoms with Crippen LogP contribution in [0.3, 0.4) is 0 Å². The van der Waals surface area contributed by atoms with E-state index in [1.165, 1.54) is 0 Å². The number of carboxylic acids is 1. The molecule has 0 aliphatic heterocycles. The van der Waals surface area contributed by atoms with Gasteiger partial charge in [-0.1, -0.05) is 19.1 Å². The van der Waals surface area contributed by atoms with E-state index in [9.17, 15) is 4.79 Å². The smallest absolute Gasteiger partial charge is 0.306 e. The van der Waals surface area contributed by atoms with E-state index in [1.54, 1.807) is 31.2 Å². The fourth-order valence-electron chi connectivity index (χ4n) is 1.57. The molecule has 0 radical (unpaired) electrons. The molecule has 0 aliphatic carbocycles. The lowest BCUT2D eigenvalue weighted by atomic mass is 9.97. The third kappa shape index (κ3) is 3.90. The minimum Gasteiger partial charge on any atom is -0.508 e. The molecular formula is C12H17NO3. The Hall–Kier alpha value is -1.55. The monoisotopic (exact) mass is 223 g/mol. The maximum atomic E-state index is 10.6. The molecule has 0 fully saturated rings. The van der Waals surface area contributed by atoms with Gasteiger partial charge in [0.05, 0.1) is 5.92 Å². The number of phenols is 1. The Morgan fingerprint density at radius 2 is 1.94 bits per heavy atom. The first-order chi connectivity index (χ1) is 7.49. The Morgan fingerprint density at radius 3 is 2.44 bits per heavy atom. The first-order valence-electron chi connectivity index (χ1n) is 5.25. The van der Waals surface area contributed by atoms with Gasteiger partial charge in [-0.3, -0.25) is 4.79 Å². The van der Waals surface area contributed by atoms with Crippen molar-refractivity contribution in [1.29, 1.82) is 0 Å². The van der Waals surface area contributed by atoms with Crippen molar-refractivity contribution in [2.45, 2.75) is 25.8 Å². The Bertz CT molecular complexity index is 348. The third-order valence-corrected chi connectivity index (χ3v) is 2.51. The molecule has 0 heterocycles. The molecule has 1 aromatic carbocycles. The fraction of sp³-hybridized carbons (Fsp3) is 0.417. The molecule has 0 aliphatic rings. The molecule has 4 heteroatoms. The molecule has 16 heavy (non-hydrogen) atoms. The number of aliphatic carboxylic acids is 1. The van der Waals surface area contributed by atoms with Crippen LogP contribution in [0.25, 0.3) is 0 Å². The number of aromatic hydroxyl groups is 1. The van der Waals surface area contributed by atoms with Crippen LogP contribution >= 0.6 is 0 Å². The molecule has 0 bridgehead atoms. The number of rotatable bonds is 5. The van der Waals surface area contributed by atoms with Crippen molar-refractivity contribution in [2.75, 3.05) is 0 Å². The van der Waals surface area contributed by atoms with Crippen LogP contribution in [0.5, 0.6) is 5.75 Å². The van der Waals surface area contributed by atoms with Gasteiger partial charge in [-0.15, -0.1) is 0 Å². The molecule has 0 saturated heterocycles. The lowest BCUT2D eigenvalue weighted by molar-refractivity contribution is -0.141. The molecule has 0 unspecified atom stereocenters. The minimum atomic E-state index is -0.818. The summed E-state index contributed by atoms with van der Waals surface area (Å²) in [6.07, 6.45) is 1.08. The second-order valence-corrected chi connectivity index (χ2v) is 4.11. The van der Waals surface area contributed by atoms with E-state index in [4.69, 9.17) is 15.9 Å². The molecular weight excluding hydrogens is 206 g/mol. The minimum absolute atomic E-state index is 0.171. The topological polar surface area (TPSA) is 83.5 Å². The van der Waals surface area contributed by atoms with Crippen LogP contribution in [-0.4, -0.2) is 22.2 Å². The Morgan fingerprint density at radius 1 is 1.38 bits per heavy atom. The highest BCUT2D eigenvalue weighted by Gasteiger charge is 2.15. The van der Waals surface area contributed by atoms with E-state index in [1.807, 2.05) is 0 Å². The lowest BCUT2D eigenvalue weighted by Gasteiger charge is -2.14. The summed E-state index contributed by atoms with van der Waals surface area (Å²) >= 11 is 0. The van der Waals surface area contributed by atoms with Crippen LogP contribution in [0.1, 0.15) is 18.9 Å². The van der Waals surface area contributed by atoms with Crippen LogP contribution in [0, 0.1) is 5.92 Å². The zero-order chi connectivity index (χ0) is 12.1. The van der Waals surface area contributed by atoms with Crippen LogP contribution in [-0.2, 0) is 11.2 Å². The zero-order valence-corrected chi connectivity index (χ0v) is 9.26. The molecule has 0 spiro atoms. The maximum Gasteiger partial charge on any atom is 0.306 e. The summed E-state index contributed by atoms with van der Waals surface area (Å²) in [6, 6.07) is 6.61. The van der Waals surface area contributed by atoms with Crippen molar-refractivity contribution < 1.29 is 15.0 Å². The quantitative estimate of drug-likeness (QED) is 0.704. The largest absolute Gasteiger partial charge is 0.508 e. The van der Waals surface area contributed by atoms with Crippen LogP contribution < -0.4 is 5.73 Å². The second-order valence-electron chi connectivity index (χ2n) is 4.11. The van der Waals surface area contributed by atoms with Gasteiger partial charge < -0.3 is 15.9 Å². The molecule has 88 valence electrons. The highest BCUT2D eigenvalue weighted by molar-refractivity contribution is 5.69. The normalized spacial score (nSPS) is 14.4. The molecule has 4 nitrogen and oxygen atoms in total. The predicted octanol–water partition coefficient (Wildman–Crippen LogP) is 1.37. The number of hydrogen-bond donors (Lipinski definition) is 3. The maximum absolute atomic E-state index is 10.6. The van der Waals surface area contributed by atoms with Crippen LogP contribution in [0.2, 0.25) is 0 Å². The van der Waals surface area contributed by atoms with Crippen molar-refractivity contribution in [3.05, 3.63) is 29.8 Å². The average Bonchev–Trinajstić information content (AvgIpc) is 2.21. The van der Waals surface area contributed by atoms with Crippen molar-refractivity contribution in [2.24, 2.45) is 11.7 Å². The molecule has 2 atom stereocenters. The zero-order valence-electron chi connectivity index (χ0n) is 9.26. The van der Waals surface area contributed by atoms with Gasteiger partial charge in [0.25, 0.3) is 0 Å². The van der Waals surface area contributed by atoms with Gasteiger partial charge in [-0.05, 0) is 30.5 Å². The van der Waals surface area contributed by atoms with Gasteiger partial charge in [-0.25, -0.2) is 0 Å². The highest BCUT2D eigenvalue weighted by atomic mass is 16.4. The highest BCUT2D eigenvalue weighted by Crippen LogP contribution is 2.13. The summed E-state index contributed by atoms with van der Waals surface area (Å²) in [5.74, 6) is -1.02. The third-order valence-electron chi connectivity index (χ3n) is 2.51. The number of phenolic OH excluding ortho intramolecular Hbond substituents is 1. The number of nitrogens with two attached hydrogens (primary N) is 1. The van der Waals surface area contributed by atoms with Crippen molar-refractivity contribution in [3.63, 3.8) is 0 Å². The number of carbonyl (C=O) groups is 1. The van der Waals surface area contributed by atoms with Crippen LogP contribution in [0.4, 0.5) is 0 Å². The number of hydrogen-bond acceptors (Lipinski definition) is 3. The Kier molecular flexibility index (Phi) is 4.31. The Labute approximate surface area is 94.7 Å². The summed E-state index contributed by atoms with van der Waals surface area (Å²) in [5.41, 5.74) is 6.86. The SMILES string of the molecule is C[C@@H](C[C@@H](N)Cc1ccc(O)cc1)C(=O)O. The molecule has 4 N–H and O–H groups in total. The lowest BCUT2D eigenvalue weighted by Crippen LogP contribution is -2.28. The average molecular weight is 223 g/mol. The van der Waals surface area contributed by atoms with Gasteiger partial charge in [0.15, 0.2) is 0 Å². The number of benzene rings is 1. The molecule has 1 aromatic rings. The van der Waals surface area contributed by atoms with Gasteiger partial charge in [0, 0.05) is 6.04 Å². The summed E-state index contributed by atoms with van der Waals surface area (Å²) in [5, 5.41) is 17.8. The summed E-state index contributed by atoms with van der Waals surface area (Å²) in [7, 11) is 0. The van der Waals surface area contributed by atoms with Gasteiger partial charge in [0.2, 0.25) is 0 Å². The fourth-order valence-corrected chi connectivity index (χ4v) is 1.57. The molecule has 0 saturated carbocycles. The first-order valence-corrected chi connectivity index (χ1v) is 5.25. The van der Waals surface area contributed by atoms with Gasteiger partial charge in [-0.2, -0.15) is 0 Å². The predicted molar refractivity (Wildman–Crippen MR) is 61.2 cm³/mol. The van der Waals surface area contributed by atoms with Crippen molar-refractivity contribution >= 4 is 5.97 Å². The molecule has 1 rings (SSSR count). The van der Waals surface area contributed by atoms with Crippen LogP contribution in [0.15, 0.2) is 24.3 Å². The van der Waals surface area contributed by atoms with Crippen molar-refractivity contribution in [3.8, 4) is 5.75 Å². The standard InChI is InChI=1S/C12H17NO3/c1-8(12(15)16)6-10(13)7-9-2-4-11(14)5-3-9/h2-5,8,10,14H,6-7,13H2,1H3,(H,15,16)/t8-,10+/m0/s1. The second kappa shape index (κ2) is 5.51. The number of carboxylic acid groups (broad SMARTS) is 1. The first kappa shape index (κ1) is 12.5. The van der Waals surface area contributed by atoms with E-state index in [0.717, 1.165) is 5.56 Å². The van der Waals surface area contributed by atoms with Gasteiger partial charge >= 0.3 is 5.97 Å². The molecule has 0 amide bonds. The Balaban J connectivity index is 2.48. The van der Waals surface area contributed by atoms with E-state index < -0.39 is 11.9 Å².